The molecule has 5 N–H and O–H groups in total. The van der Waals surface area contributed by atoms with Crippen LogP contribution in [-0.4, -0.2) is 19.3 Å². The highest BCUT2D eigenvalue weighted by Gasteiger charge is 2.18. The van der Waals surface area contributed by atoms with E-state index in [2.05, 4.69) is 9.71 Å². The normalized spacial score (nSPS) is 11.4. The molecule has 0 saturated carbocycles. The zero-order valence-corrected chi connectivity index (χ0v) is 11.9. The van der Waals surface area contributed by atoms with Gasteiger partial charge in [-0.15, -0.1) is 11.3 Å². The first-order chi connectivity index (χ1) is 9.40. The molecule has 106 valence electrons. The number of carbonyl (C=O) groups is 1. The number of nitrogen functional groups attached to an aromatic ring is 1. The monoisotopic (exact) mass is 312 g/mol. The van der Waals surface area contributed by atoms with Crippen molar-refractivity contribution in [2.45, 2.75) is 11.4 Å². The molecule has 2 rings (SSSR count). The number of rotatable bonds is 5. The van der Waals surface area contributed by atoms with E-state index in [0.717, 1.165) is 0 Å². The molecule has 0 bridgehead atoms. The summed E-state index contributed by atoms with van der Waals surface area (Å²) in [6.07, 6.45) is 0. The maximum atomic E-state index is 12.1. The van der Waals surface area contributed by atoms with E-state index in [-0.39, 0.29) is 22.7 Å². The molecule has 0 radical (unpaired) electrons. The molecule has 1 aromatic heterocycles. The van der Waals surface area contributed by atoms with E-state index < -0.39 is 15.9 Å². The molecule has 0 spiro atoms. The van der Waals surface area contributed by atoms with Crippen LogP contribution in [0.15, 0.2) is 34.0 Å². The molecule has 7 nitrogen and oxygen atoms in total. The Balaban J connectivity index is 2.23. The fourth-order valence-corrected chi connectivity index (χ4v) is 3.19. The van der Waals surface area contributed by atoms with Crippen molar-refractivity contribution in [3.63, 3.8) is 0 Å². The summed E-state index contributed by atoms with van der Waals surface area (Å²) < 4.78 is 26.6. The number of hydrogen-bond acceptors (Lipinski definition) is 6. The molecule has 0 atom stereocenters. The summed E-state index contributed by atoms with van der Waals surface area (Å²) >= 11 is 1.37. The Hall–Kier alpha value is -1.97. The smallest absolute Gasteiger partial charge is 0.248 e. The van der Waals surface area contributed by atoms with Gasteiger partial charge >= 0.3 is 0 Å². The molecule has 20 heavy (non-hydrogen) atoms. The predicted octanol–water partition coefficient (Wildman–Crippen LogP) is 0.303. The van der Waals surface area contributed by atoms with Crippen LogP contribution in [0.5, 0.6) is 0 Å². The summed E-state index contributed by atoms with van der Waals surface area (Å²) in [5.41, 5.74) is 13.1. The average molecular weight is 312 g/mol. The van der Waals surface area contributed by atoms with Gasteiger partial charge in [0, 0.05) is 10.9 Å². The molecule has 0 aliphatic rings. The second kappa shape index (κ2) is 5.57. The van der Waals surface area contributed by atoms with Gasteiger partial charge in [0.05, 0.1) is 23.4 Å². The highest BCUT2D eigenvalue weighted by Crippen LogP contribution is 2.19. The van der Waals surface area contributed by atoms with Gasteiger partial charge in [-0.25, -0.2) is 18.1 Å². The molecule has 2 aromatic rings. The van der Waals surface area contributed by atoms with E-state index >= 15 is 0 Å². The number of nitrogens with two attached hydrogens (primary N) is 2. The van der Waals surface area contributed by atoms with Crippen molar-refractivity contribution in [2.24, 2.45) is 5.73 Å². The summed E-state index contributed by atoms with van der Waals surface area (Å²) in [5.74, 6) is -0.670. The van der Waals surface area contributed by atoms with Gasteiger partial charge in [0.1, 0.15) is 4.90 Å². The van der Waals surface area contributed by atoms with Gasteiger partial charge < -0.3 is 11.5 Å². The second-order valence-corrected chi connectivity index (χ2v) is 6.38. The van der Waals surface area contributed by atoms with Crippen molar-refractivity contribution < 1.29 is 13.2 Å². The lowest BCUT2D eigenvalue weighted by Crippen LogP contribution is -2.24. The molecule has 0 aliphatic heterocycles. The molecule has 0 unspecified atom stereocenters. The van der Waals surface area contributed by atoms with Gasteiger partial charge in [0.2, 0.25) is 15.9 Å². The number of aromatic nitrogens is 1. The van der Waals surface area contributed by atoms with Crippen LogP contribution in [-0.2, 0) is 16.6 Å². The number of anilines is 1. The minimum Gasteiger partial charge on any atom is -0.398 e. The van der Waals surface area contributed by atoms with Crippen LogP contribution >= 0.6 is 11.3 Å². The Kier molecular flexibility index (Phi) is 4.02. The number of sulfonamides is 1. The summed E-state index contributed by atoms with van der Waals surface area (Å²) in [4.78, 5) is 14.9. The van der Waals surface area contributed by atoms with Crippen LogP contribution in [0.2, 0.25) is 0 Å². The molecule has 1 amide bonds. The second-order valence-electron chi connectivity index (χ2n) is 3.92. The van der Waals surface area contributed by atoms with E-state index in [1.807, 2.05) is 0 Å². The Morgan fingerprint density at radius 2 is 2.15 bits per heavy atom. The largest absolute Gasteiger partial charge is 0.398 e. The number of nitrogens with zero attached hydrogens (tertiary/aromatic N) is 1. The fourth-order valence-electron chi connectivity index (χ4n) is 1.52. The van der Waals surface area contributed by atoms with Crippen molar-refractivity contribution in [3.05, 3.63) is 40.3 Å². The third-order valence-electron chi connectivity index (χ3n) is 2.51. The maximum Gasteiger partial charge on any atom is 0.248 e. The van der Waals surface area contributed by atoms with Gasteiger partial charge in [0.15, 0.2) is 0 Å². The van der Waals surface area contributed by atoms with Gasteiger partial charge in [-0.05, 0) is 18.2 Å². The van der Waals surface area contributed by atoms with E-state index in [1.54, 1.807) is 10.9 Å². The lowest BCUT2D eigenvalue weighted by atomic mass is 10.2. The first-order valence-corrected chi connectivity index (χ1v) is 7.89. The lowest BCUT2D eigenvalue weighted by Gasteiger charge is -2.09. The number of amides is 1. The van der Waals surface area contributed by atoms with Gasteiger partial charge in [-0.3, -0.25) is 4.79 Å². The fraction of sp³-hybridized carbons (Fsp3) is 0.0909. The van der Waals surface area contributed by atoms with Crippen molar-refractivity contribution in [2.75, 3.05) is 5.73 Å². The minimum absolute atomic E-state index is 0.0351. The number of benzene rings is 1. The Morgan fingerprint density at radius 1 is 1.40 bits per heavy atom. The Morgan fingerprint density at radius 3 is 2.70 bits per heavy atom. The van der Waals surface area contributed by atoms with Gasteiger partial charge in [-0.2, -0.15) is 0 Å². The first kappa shape index (κ1) is 14.4. The summed E-state index contributed by atoms with van der Waals surface area (Å²) in [6.45, 7) is 0.0723. The average Bonchev–Trinajstić information content (AvgIpc) is 2.89. The molecule has 0 fully saturated rings. The van der Waals surface area contributed by atoms with Crippen LogP contribution < -0.4 is 16.2 Å². The number of primary amides is 1. The van der Waals surface area contributed by atoms with Crippen molar-refractivity contribution in [1.82, 2.24) is 9.71 Å². The lowest BCUT2D eigenvalue weighted by molar-refractivity contribution is 0.1000. The van der Waals surface area contributed by atoms with Gasteiger partial charge in [-0.1, -0.05) is 0 Å². The molecular weight excluding hydrogens is 300 g/mol. The summed E-state index contributed by atoms with van der Waals surface area (Å²) in [5, 5.41) is 1.74. The van der Waals surface area contributed by atoms with E-state index in [4.69, 9.17) is 11.5 Å². The van der Waals surface area contributed by atoms with E-state index in [1.165, 1.54) is 29.5 Å². The van der Waals surface area contributed by atoms with Crippen LogP contribution in [0.3, 0.4) is 0 Å². The number of thiazole rings is 1. The predicted molar refractivity (Wildman–Crippen MR) is 75.5 cm³/mol. The zero-order chi connectivity index (χ0) is 14.8. The minimum atomic E-state index is -3.77. The molecule has 9 heteroatoms. The zero-order valence-electron chi connectivity index (χ0n) is 10.2. The van der Waals surface area contributed by atoms with Gasteiger partial charge in [0.25, 0.3) is 0 Å². The van der Waals surface area contributed by atoms with Crippen LogP contribution in [0.1, 0.15) is 16.1 Å². The van der Waals surface area contributed by atoms with Crippen molar-refractivity contribution in [3.8, 4) is 0 Å². The molecule has 1 aromatic carbocycles. The molecule has 1 heterocycles. The third-order valence-corrected chi connectivity index (χ3v) is 4.62. The van der Waals surface area contributed by atoms with E-state index in [0.29, 0.717) is 5.69 Å². The number of carbonyl (C=O) groups excluding carboxylic acids is 1. The summed E-state index contributed by atoms with van der Waals surface area (Å²) in [7, 11) is -3.77. The Labute approximate surface area is 119 Å². The molecular formula is C11H12N4O3S2. The van der Waals surface area contributed by atoms with Crippen molar-refractivity contribution in [1.29, 1.82) is 0 Å². The summed E-state index contributed by atoms with van der Waals surface area (Å²) in [6, 6.07) is 3.80. The quantitative estimate of drug-likeness (QED) is 0.684. The highest BCUT2D eigenvalue weighted by atomic mass is 32.2. The van der Waals surface area contributed by atoms with Crippen LogP contribution in [0.25, 0.3) is 0 Å². The van der Waals surface area contributed by atoms with E-state index in [9.17, 15) is 13.2 Å². The van der Waals surface area contributed by atoms with Crippen molar-refractivity contribution >= 4 is 33.0 Å². The maximum absolute atomic E-state index is 12.1. The third kappa shape index (κ3) is 3.13. The number of hydrogen-bond donors (Lipinski definition) is 3. The van der Waals surface area contributed by atoms with Crippen LogP contribution in [0.4, 0.5) is 5.69 Å². The standard InChI is InChI=1S/C11H12N4O3S2/c12-9-3-7(11(13)16)1-2-10(9)20(17,18)15-4-8-5-19-6-14-8/h1-3,5-6,15H,4,12H2,(H2,13,16). The Bertz CT molecular complexity index is 726. The molecule has 0 aliphatic carbocycles. The highest BCUT2D eigenvalue weighted by molar-refractivity contribution is 7.89. The first-order valence-electron chi connectivity index (χ1n) is 5.46. The molecule has 0 saturated heterocycles. The van der Waals surface area contributed by atoms with Crippen LogP contribution in [0, 0.1) is 0 Å². The SMILES string of the molecule is NC(=O)c1ccc(S(=O)(=O)NCc2cscn2)c(N)c1. The number of nitrogens with one attached hydrogen (secondary N) is 1. The topological polar surface area (TPSA) is 128 Å².